The van der Waals surface area contributed by atoms with Gasteiger partial charge in [-0.15, -0.1) is 0 Å². The predicted octanol–water partition coefficient (Wildman–Crippen LogP) is 2.74. The normalized spacial score (nSPS) is 17.5. The third-order valence-electron chi connectivity index (χ3n) is 3.92. The lowest BCUT2D eigenvalue weighted by atomic mass is 10.2. The van der Waals surface area contributed by atoms with E-state index in [9.17, 15) is 5.11 Å². The number of aliphatic hydroxyl groups excluding tert-OH is 1. The number of aliphatic hydroxyl groups is 1. The van der Waals surface area contributed by atoms with Gasteiger partial charge in [-0.05, 0) is 40.5 Å². The molecular formula is C17H20BrN3O2. The fraction of sp³-hybridized carbons (Fsp3) is 0.412. The number of aryl methyl sites for hydroxylation is 1. The monoisotopic (exact) mass is 377 g/mol. The average Bonchev–Trinajstić information content (AvgIpc) is 2.98. The molecule has 1 saturated heterocycles. The van der Waals surface area contributed by atoms with Crippen LogP contribution in [0, 0.1) is 6.92 Å². The number of hydrogen-bond acceptors (Lipinski definition) is 5. The number of pyridine rings is 2. The lowest BCUT2D eigenvalue weighted by Gasteiger charge is -2.21. The molecule has 0 amide bonds. The Labute approximate surface area is 144 Å². The van der Waals surface area contributed by atoms with Crippen molar-refractivity contribution in [2.75, 3.05) is 24.6 Å². The zero-order valence-electron chi connectivity index (χ0n) is 13.1. The summed E-state index contributed by atoms with van der Waals surface area (Å²) in [6.07, 6.45) is 3.44. The lowest BCUT2D eigenvalue weighted by Crippen LogP contribution is -2.26. The van der Waals surface area contributed by atoms with Crippen LogP contribution in [0.3, 0.4) is 0 Å². The van der Waals surface area contributed by atoms with Gasteiger partial charge in [0, 0.05) is 38.3 Å². The van der Waals surface area contributed by atoms with Gasteiger partial charge in [0.15, 0.2) is 0 Å². The van der Waals surface area contributed by atoms with Crippen LogP contribution in [0.5, 0.6) is 5.88 Å². The summed E-state index contributed by atoms with van der Waals surface area (Å²) in [5.74, 6) is 0.673. The molecule has 1 atom stereocenters. The molecule has 0 saturated carbocycles. The maximum absolute atomic E-state index is 9.24. The Bertz CT molecular complexity index is 663. The maximum atomic E-state index is 9.24. The molecule has 3 heterocycles. The van der Waals surface area contributed by atoms with Crippen molar-refractivity contribution in [2.24, 2.45) is 0 Å². The predicted molar refractivity (Wildman–Crippen MR) is 92.9 cm³/mol. The minimum Gasteiger partial charge on any atom is -0.472 e. The number of rotatable bonds is 5. The average molecular weight is 378 g/mol. The zero-order chi connectivity index (χ0) is 16.2. The van der Waals surface area contributed by atoms with Crippen LogP contribution in [0.1, 0.15) is 17.7 Å². The molecular weight excluding hydrogens is 358 g/mol. The summed E-state index contributed by atoms with van der Waals surface area (Å²) in [4.78, 5) is 11.1. The summed E-state index contributed by atoms with van der Waals surface area (Å²) in [6.45, 7) is 3.82. The number of halogens is 1. The first-order chi connectivity index (χ1) is 11.2. The van der Waals surface area contributed by atoms with Crippen molar-refractivity contribution < 1.29 is 9.84 Å². The molecule has 0 spiro atoms. The van der Waals surface area contributed by atoms with Gasteiger partial charge < -0.3 is 14.7 Å². The van der Waals surface area contributed by atoms with Crippen LogP contribution >= 0.6 is 15.9 Å². The Morgan fingerprint density at radius 3 is 2.96 bits per heavy atom. The topological polar surface area (TPSA) is 58.5 Å². The van der Waals surface area contributed by atoms with Gasteiger partial charge >= 0.3 is 0 Å². The van der Waals surface area contributed by atoms with E-state index in [0.717, 1.165) is 41.1 Å². The molecule has 5 nitrogen and oxygen atoms in total. The second kappa shape index (κ2) is 7.27. The molecule has 3 rings (SSSR count). The van der Waals surface area contributed by atoms with E-state index >= 15 is 0 Å². The van der Waals surface area contributed by atoms with Crippen LogP contribution in [0.15, 0.2) is 35.1 Å². The van der Waals surface area contributed by atoms with Gasteiger partial charge in [-0.3, -0.25) is 0 Å². The molecule has 0 aromatic carbocycles. The summed E-state index contributed by atoms with van der Waals surface area (Å²) in [6, 6.07) is 7.91. The van der Waals surface area contributed by atoms with Crippen molar-refractivity contribution in [3.63, 3.8) is 0 Å². The largest absolute Gasteiger partial charge is 0.472 e. The van der Waals surface area contributed by atoms with Crippen molar-refractivity contribution in [2.45, 2.75) is 25.9 Å². The summed E-state index contributed by atoms with van der Waals surface area (Å²) in [5, 5.41) is 9.24. The van der Waals surface area contributed by atoms with Crippen molar-refractivity contribution >= 4 is 21.6 Å². The first-order valence-corrected chi connectivity index (χ1v) is 8.55. The molecule has 1 fully saturated rings. The SMILES string of the molecule is Cc1ccc(OC2CCN(c3ccc(Br)nc3CCO)C2)nc1. The quantitative estimate of drug-likeness (QED) is 0.811. The van der Waals surface area contributed by atoms with E-state index in [0.29, 0.717) is 12.3 Å². The Balaban J connectivity index is 1.68. The van der Waals surface area contributed by atoms with Gasteiger partial charge in [0.2, 0.25) is 5.88 Å². The Hall–Kier alpha value is -1.66. The van der Waals surface area contributed by atoms with Crippen LogP contribution in [-0.4, -0.2) is 40.9 Å². The van der Waals surface area contributed by atoms with Gasteiger partial charge in [0.25, 0.3) is 0 Å². The second-order valence-corrected chi connectivity index (χ2v) is 6.53. The molecule has 0 radical (unpaired) electrons. The molecule has 0 aliphatic carbocycles. The third-order valence-corrected chi connectivity index (χ3v) is 4.36. The number of aromatic nitrogens is 2. The Morgan fingerprint density at radius 2 is 2.22 bits per heavy atom. The number of nitrogens with zero attached hydrogens (tertiary/aromatic N) is 3. The van der Waals surface area contributed by atoms with E-state index in [4.69, 9.17) is 4.74 Å². The molecule has 1 unspecified atom stereocenters. The van der Waals surface area contributed by atoms with E-state index in [1.54, 1.807) is 0 Å². The lowest BCUT2D eigenvalue weighted by molar-refractivity contribution is 0.216. The third kappa shape index (κ3) is 4.00. The van der Waals surface area contributed by atoms with Crippen molar-refractivity contribution in [1.82, 2.24) is 9.97 Å². The van der Waals surface area contributed by atoms with Gasteiger partial charge in [0.05, 0.1) is 17.9 Å². The van der Waals surface area contributed by atoms with Gasteiger partial charge in [-0.2, -0.15) is 0 Å². The van der Waals surface area contributed by atoms with E-state index in [-0.39, 0.29) is 12.7 Å². The summed E-state index contributed by atoms with van der Waals surface area (Å²) in [5.41, 5.74) is 3.11. The van der Waals surface area contributed by atoms with Gasteiger partial charge in [-0.25, -0.2) is 9.97 Å². The van der Waals surface area contributed by atoms with Crippen molar-refractivity contribution in [1.29, 1.82) is 0 Å². The molecule has 1 aliphatic heterocycles. The Kier molecular flexibility index (Phi) is 5.13. The van der Waals surface area contributed by atoms with Gasteiger partial charge in [-0.1, -0.05) is 6.07 Å². The van der Waals surface area contributed by atoms with Crippen LogP contribution in [0.4, 0.5) is 5.69 Å². The number of anilines is 1. The molecule has 122 valence electrons. The van der Waals surface area contributed by atoms with Gasteiger partial charge in [0.1, 0.15) is 10.7 Å². The fourth-order valence-electron chi connectivity index (χ4n) is 2.78. The molecule has 1 aliphatic rings. The number of hydrogen-bond donors (Lipinski definition) is 1. The van der Waals surface area contributed by atoms with Crippen LogP contribution in [0.2, 0.25) is 0 Å². The second-order valence-electron chi connectivity index (χ2n) is 5.72. The van der Waals surface area contributed by atoms with Crippen LogP contribution in [-0.2, 0) is 6.42 Å². The van der Waals surface area contributed by atoms with Crippen LogP contribution < -0.4 is 9.64 Å². The molecule has 23 heavy (non-hydrogen) atoms. The molecule has 0 bridgehead atoms. The molecule has 2 aromatic heterocycles. The van der Waals surface area contributed by atoms with E-state index < -0.39 is 0 Å². The Morgan fingerprint density at radius 1 is 1.35 bits per heavy atom. The van der Waals surface area contributed by atoms with E-state index in [1.165, 1.54) is 0 Å². The minimum atomic E-state index is 0.0948. The van der Waals surface area contributed by atoms with E-state index in [2.05, 4.69) is 36.9 Å². The fourth-order valence-corrected chi connectivity index (χ4v) is 3.13. The van der Waals surface area contributed by atoms with Crippen molar-refractivity contribution in [3.05, 3.63) is 46.3 Å². The van der Waals surface area contributed by atoms with Crippen LogP contribution in [0.25, 0.3) is 0 Å². The zero-order valence-corrected chi connectivity index (χ0v) is 14.7. The highest BCUT2D eigenvalue weighted by molar-refractivity contribution is 9.10. The maximum Gasteiger partial charge on any atom is 0.213 e. The molecule has 2 aromatic rings. The molecule has 6 heteroatoms. The molecule has 1 N–H and O–H groups in total. The highest BCUT2D eigenvalue weighted by Crippen LogP contribution is 2.27. The first-order valence-electron chi connectivity index (χ1n) is 7.76. The summed E-state index contributed by atoms with van der Waals surface area (Å²) >= 11 is 3.39. The number of ether oxygens (including phenoxy) is 1. The first kappa shape index (κ1) is 16.2. The highest BCUT2D eigenvalue weighted by Gasteiger charge is 2.26. The minimum absolute atomic E-state index is 0.0948. The summed E-state index contributed by atoms with van der Waals surface area (Å²) < 4.78 is 6.77. The standard InChI is InChI=1S/C17H20BrN3O2/c1-12-2-5-17(19-10-12)23-13-6-8-21(11-13)15-3-4-16(18)20-14(15)7-9-22/h2-5,10,13,22H,6-9,11H2,1H3. The van der Waals surface area contributed by atoms with E-state index in [1.807, 2.05) is 31.3 Å². The summed E-state index contributed by atoms with van der Waals surface area (Å²) in [7, 11) is 0. The van der Waals surface area contributed by atoms with Crippen molar-refractivity contribution in [3.8, 4) is 5.88 Å². The highest BCUT2D eigenvalue weighted by atomic mass is 79.9. The smallest absolute Gasteiger partial charge is 0.213 e.